The maximum absolute atomic E-state index is 12.9. The predicted octanol–water partition coefficient (Wildman–Crippen LogP) is 3.92. The fourth-order valence-corrected chi connectivity index (χ4v) is 2.75. The summed E-state index contributed by atoms with van der Waals surface area (Å²) in [6.07, 6.45) is 0. The highest BCUT2D eigenvalue weighted by Gasteiger charge is 2.18. The van der Waals surface area contributed by atoms with Crippen molar-refractivity contribution in [3.05, 3.63) is 65.5 Å². The summed E-state index contributed by atoms with van der Waals surface area (Å²) in [5.74, 6) is -0.0796. The van der Waals surface area contributed by atoms with Crippen molar-refractivity contribution >= 4 is 5.91 Å². The lowest BCUT2D eigenvalue weighted by Gasteiger charge is -2.26. The van der Waals surface area contributed by atoms with E-state index >= 15 is 0 Å². The van der Waals surface area contributed by atoms with Gasteiger partial charge in [0, 0.05) is 6.54 Å². The summed E-state index contributed by atoms with van der Waals surface area (Å²) < 4.78 is 18.3. The molecule has 146 valence electrons. The molecule has 2 aromatic carbocycles. The van der Waals surface area contributed by atoms with E-state index in [1.165, 1.54) is 29.8 Å². The van der Waals surface area contributed by atoms with E-state index in [9.17, 15) is 9.18 Å². The summed E-state index contributed by atoms with van der Waals surface area (Å²) in [7, 11) is 3.98. The molecular formula is C22H29FN2O2. The summed E-state index contributed by atoms with van der Waals surface area (Å²) in [4.78, 5) is 14.2. The van der Waals surface area contributed by atoms with Gasteiger partial charge >= 0.3 is 0 Å². The molecular weight excluding hydrogens is 343 g/mol. The van der Waals surface area contributed by atoms with Crippen LogP contribution in [0.3, 0.4) is 0 Å². The van der Waals surface area contributed by atoms with Gasteiger partial charge in [-0.3, -0.25) is 4.79 Å². The van der Waals surface area contributed by atoms with Crippen LogP contribution in [0.1, 0.15) is 37.9 Å². The van der Waals surface area contributed by atoms with E-state index in [-0.39, 0.29) is 29.8 Å². The molecule has 2 aromatic rings. The standard InChI is InChI=1S/C22H29FN2O2/c1-22(2,3)17-8-6-16(7-9-17)20(25(4)5)14-24-21(26)15-27-19-12-10-18(23)11-13-19/h6-13,20H,14-15H2,1-5H3,(H,24,26). The van der Waals surface area contributed by atoms with E-state index in [0.29, 0.717) is 12.3 Å². The molecule has 27 heavy (non-hydrogen) atoms. The number of halogens is 1. The van der Waals surface area contributed by atoms with Crippen LogP contribution in [0.4, 0.5) is 4.39 Å². The summed E-state index contributed by atoms with van der Waals surface area (Å²) in [5, 5.41) is 2.91. The smallest absolute Gasteiger partial charge is 0.258 e. The molecule has 1 amide bonds. The zero-order valence-corrected chi connectivity index (χ0v) is 16.8. The van der Waals surface area contributed by atoms with Crippen LogP contribution >= 0.6 is 0 Å². The number of benzene rings is 2. The Balaban J connectivity index is 1.92. The molecule has 4 nitrogen and oxygen atoms in total. The topological polar surface area (TPSA) is 41.6 Å². The normalized spacial score (nSPS) is 12.7. The average molecular weight is 372 g/mol. The van der Waals surface area contributed by atoms with E-state index in [0.717, 1.165) is 5.56 Å². The number of likely N-dealkylation sites (N-methyl/N-ethyl adjacent to an activating group) is 1. The number of amides is 1. The van der Waals surface area contributed by atoms with Crippen molar-refractivity contribution in [1.29, 1.82) is 0 Å². The molecule has 0 saturated carbocycles. The highest BCUT2D eigenvalue weighted by molar-refractivity contribution is 5.77. The molecule has 1 unspecified atom stereocenters. The van der Waals surface area contributed by atoms with Gasteiger partial charge in [0.1, 0.15) is 11.6 Å². The molecule has 0 spiro atoms. The number of hydrogen-bond donors (Lipinski definition) is 1. The third-order valence-corrected chi connectivity index (χ3v) is 4.46. The van der Waals surface area contributed by atoms with Gasteiger partial charge in [-0.05, 0) is 54.9 Å². The van der Waals surface area contributed by atoms with Gasteiger partial charge in [0.25, 0.3) is 5.91 Å². The van der Waals surface area contributed by atoms with Crippen LogP contribution in [0.2, 0.25) is 0 Å². The Morgan fingerprint density at radius 2 is 1.67 bits per heavy atom. The van der Waals surface area contributed by atoms with E-state index < -0.39 is 0 Å². The highest BCUT2D eigenvalue weighted by Crippen LogP contribution is 2.25. The van der Waals surface area contributed by atoms with Gasteiger partial charge in [0.2, 0.25) is 0 Å². The average Bonchev–Trinajstić information content (AvgIpc) is 2.61. The fraction of sp³-hybridized carbons (Fsp3) is 0.409. The SMILES string of the molecule is CN(C)C(CNC(=O)COc1ccc(F)cc1)c1ccc(C(C)(C)C)cc1. The Morgan fingerprint density at radius 3 is 2.19 bits per heavy atom. The second-order valence-electron chi connectivity index (χ2n) is 7.90. The van der Waals surface area contributed by atoms with Gasteiger partial charge in [0.15, 0.2) is 6.61 Å². The first-order valence-electron chi connectivity index (χ1n) is 9.09. The minimum atomic E-state index is -0.335. The van der Waals surface area contributed by atoms with Crippen LogP contribution in [0.15, 0.2) is 48.5 Å². The lowest BCUT2D eigenvalue weighted by Crippen LogP contribution is -2.36. The zero-order valence-electron chi connectivity index (χ0n) is 16.8. The van der Waals surface area contributed by atoms with Crippen molar-refractivity contribution in [3.63, 3.8) is 0 Å². The number of ether oxygens (including phenoxy) is 1. The van der Waals surface area contributed by atoms with Crippen molar-refractivity contribution < 1.29 is 13.9 Å². The molecule has 0 radical (unpaired) electrons. The molecule has 1 N–H and O–H groups in total. The highest BCUT2D eigenvalue weighted by atomic mass is 19.1. The molecule has 0 saturated heterocycles. The summed E-state index contributed by atoms with van der Waals surface area (Å²) >= 11 is 0. The zero-order chi connectivity index (χ0) is 20.0. The van der Waals surface area contributed by atoms with Crippen LogP contribution in [-0.2, 0) is 10.2 Å². The fourth-order valence-electron chi connectivity index (χ4n) is 2.75. The summed E-state index contributed by atoms with van der Waals surface area (Å²) in [5.41, 5.74) is 2.53. The molecule has 0 aliphatic rings. The number of nitrogens with zero attached hydrogens (tertiary/aromatic N) is 1. The number of carbonyl (C=O) groups excluding carboxylic acids is 1. The minimum absolute atomic E-state index is 0.0637. The molecule has 0 aromatic heterocycles. The molecule has 0 aliphatic heterocycles. The largest absolute Gasteiger partial charge is 0.484 e. The molecule has 0 heterocycles. The van der Waals surface area contributed by atoms with Crippen LogP contribution in [0.25, 0.3) is 0 Å². The van der Waals surface area contributed by atoms with Gasteiger partial charge in [0.05, 0.1) is 6.04 Å². The number of rotatable bonds is 7. The lowest BCUT2D eigenvalue weighted by molar-refractivity contribution is -0.123. The Labute approximate surface area is 161 Å². The van der Waals surface area contributed by atoms with Crippen LogP contribution < -0.4 is 10.1 Å². The molecule has 0 bridgehead atoms. The van der Waals surface area contributed by atoms with Crippen molar-refractivity contribution in [2.75, 3.05) is 27.2 Å². The molecule has 0 fully saturated rings. The summed E-state index contributed by atoms with van der Waals surface area (Å²) in [6.45, 7) is 6.94. The first-order valence-corrected chi connectivity index (χ1v) is 9.09. The number of carbonyl (C=O) groups is 1. The summed E-state index contributed by atoms with van der Waals surface area (Å²) in [6, 6.07) is 14.2. The Morgan fingerprint density at radius 1 is 1.07 bits per heavy atom. The van der Waals surface area contributed by atoms with E-state index in [2.05, 4.69) is 55.3 Å². The van der Waals surface area contributed by atoms with Gasteiger partial charge in [-0.25, -0.2) is 4.39 Å². The maximum atomic E-state index is 12.9. The molecule has 1 atom stereocenters. The van der Waals surface area contributed by atoms with Crippen molar-refractivity contribution in [1.82, 2.24) is 10.2 Å². The molecule has 2 rings (SSSR count). The van der Waals surface area contributed by atoms with Gasteiger partial charge < -0.3 is 15.0 Å². The third-order valence-electron chi connectivity index (χ3n) is 4.46. The Hall–Kier alpha value is -2.40. The quantitative estimate of drug-likeness (QED) is 0.801. The first kappa shape index (κ1) is 20.9. The second kappa shape index (κ2) is 9.00. The molecule has 5 heteroatoms. The van der Waals surface area contributed by atoms with E-state index in [1.807, 2.05) is 14.1 Å². The molecule has 0 aliphatic carbocycles. The third kappa shape index (κ3) is 6.36. The van der Waals surface area contributed by atoms with Gasteiger partial charge in [-0.15, -0.1) is 0 Å². The predicted molar refractivity (Wildman–Crippen MR) is 106 cm³/mol. The number of hydrogen-bond acceptors (Lipinski definition) is 3. The minimum Gasteiger partial charge on any atom is -0.484 e. The first-order chi connectivity index (χ1) is 12.7. The monoisotopic (exact) mass is 372 g/mol. The second-order valence-corrected chi connectivity index (χ2v) is 7.90. The Bertz CT molecular complexity index is 734. The number of nitrogens with one attached hydrogen (secondary N) is 1. The Kier molecular flexibility index (Phi) is 6.97. The van der Waals surface area contributed by atoms with Crippen molar-refractivity contribution in [3.8, 4) is 5.75 Å². The van der Waals surface area contributed by atoms with Crippen LogP contribution in [0, 0.1) is 5.82 Å². The van der Waals surface area contributed by atoms with Crippen LogP contribution in [0.5, 0.6) is 5.75 Å². The van der Waals surface area contributed by atoms with Gasteiger partial charge in [-0.2, -0.15) is 0 Å². The van der Waals surface area contributed by atoms with Crippen molar-refractivity contribution in [2.24, 2.45) is 0 Å². The van der Waals surface area contributed by atoms with Gasteiger partial charge in [-0.1, -0.05) is 45.0 Å². The van der Waals surface area contributed by atoms with Crippen LogP contribution in [-0.4, -0.2) is 38.1 Å². The van der Waals surface area contributed by atoms with E-state index in [4.69, 9.17) is 4.74 Å². The lowest BCUT2D eigenvalue weighted by atomic mass is 9.86. The maximum Gasteiger partial charge on any atom is 0.258 e. The van der Waals surface area contributed by atoms with Crippen molar-refractivity contribution in [2.45, 2.75) is 32.2 Å². The van der Waals surface area contributed by atoms with E-state index in [1.54, 1.807) is 0 Å².